The number of hydrogen-bond donors (Lipinski definition) is 1. The van der Waals surface area contributed by atoms with E-state index >= 15 is 0 Å². The first-order valence-electron chi connectivity index (χ1n) is 4.60. The molecule has 6 heteroatoms. The number of rotatable bonds is 4. The van der Waals surface area contributed by atoms with Crippen molar-refractivity contribution in [2.75, 3.05) is 0 Å². The van der Waals surface area contributed by atoms with Crippen molar-refractivity contribution in [3.8, 4) is 0 Å². The standard InChI is InChI=1S/C10H14O6/c1-6(4-7(2)11)10(14)16-15-9(13)5-8(3)12/h4,7,11H,5H2,1-3H3. The number of Topliss-reactive ketones (excluding diaryl/α,β-unsaturated/α-hetero) is 1. The Labute approximate surface area is 92.8 Å². The molecule has 0 saturated heterocycles. The summed E-state index contributed by atoms with van der Waals surface area (Å²) in [7, 11) is 0. The molecule has 0 spiro atoms. The lowest BCUT2D eigenvalue weighted by Crippen LogP contribution is -2.14. The fourth-order valence-electron chi connectivity index (χ4n) is 0.813. The highest BCUT2D eigenvalue weighted by atomic mass is 17.2. The molecule has 16 heavy (non-hydrogen) atoms. The van der Waals surface area contributed by atoms with Crippen molar-refractivity contribution >= 4 is 17.7 Å². The van der Waals surface area contributed by atoms with Crippen molar-refractivity contribution < 1.29 is 29.3 Å². The van der Waals surface area contributed by atoms with Crippen LogP contribution in [0.4, 0.5) is 0 Å². The zero-order chi connectivity index (χ0) is 12.7. The lowest BCUT2D eigenvalue weighted by Gasteiger charge is -2.03. The second-order valence-electron chi connectivity index (χ2n) is 3.30. The van der Waals surface area contributed by atoms with Crippen LogP contribution in [-0.2, 0) is 24.2 Å². The van der Waals surface area contributed by atoms with Crippen LogP contribution in [0.15, 0.2) is 11.6 Å². The molecule has 0 fully saturated rings. The molecular formula is C10H14O6. The molecule has 0 aromatic carbocycles. The summed E-state index contributed by atoms with van der Waals surface area (Å²) in [5.74, 6) is -2.22. The SMILES string of the molecule is CC(=O)CC(=O)OOC(=O)C(C)=CC(C)O. The molecule has 0 heterocycles. The number of carbonyl (C=O) groups excluding carboxylic acids is 3. The van der Waals surface area contributed by atoms with E-state index in [4.69, 9.17) is 5.11 Å². The monoisotopic (exact) mass is 230 g/mol. The van der Waals surface area contributed by atoms with Gasteiger partial charge in [-0.25, -0.2) is 19.4 Å². The van der Waals surface area contributed by atoms with Crippen LogP contribution in [0.1, 0.15) is 27.2 Å². The van der Waals surface area contributed by atoms with E-state index in [1.54, 1.807) is 0 Å². The van der Waals surface area contributed by atoms with Crippen LogP contribution in [0.3, 0.4) is 0 Å². The first-order chi connectivity index (χ1) is 7.32. The first-order valence-corrected chi connectivity index (χ1v) is 4.60. The fraction of sp³-hybridized carbons (Fsp3) is 0.500. The molecule has 0 aliphatic heterocycles. The smallest absolute Gasteiger partial charge is 0.381 e. The molecule has 0 amide bonds. The van der Waals surface area contributed by atoms with Gasteiger partial charge >= 0.3 is 11.9 Å². The van der Waals surface area contributed by atoms with Gasteiger partial charge in [0.05, 0.1) is 6.10 Å². The number of ketones is 1. The first kappa shape index (κ1) is 14.3. The zero-order valence-corrected chi connectivity index (χ0v) is 9.35. The van der Waals surface area contributed by atoms with Gasteiger partial charge in [-0.15, -0.1) is 0 Å². The number of carbonyl (C=O) groups is 3. The van der Waals surface area contributed by atoms with Crippen LogP contribution in [0.2, 0.25) is 0 Å². The van der Waals surface area contributed by atoms with E-state index in [0.29, 0.717) is 0 Å². The normalized spacial score (nSPS) is 12.9. The molecule has 0 aliphatic rings. The van der Waals surface area contributed by atoms with E-state index in [0.717, 1.165) is 0 Å². The Balaban J connectivity index is 4.08. The van der Waals surface area contributed by atoms with Gasteiger partial charge in [0.15, 0.2) is 0 Å². The molecule has 1 atom stereocenters. The molecule has 1 N–H and O–H groups in total. The molecule has 0 bridgehead atoms. The highest BCUT2D eigenvalue weighted by Gasteiger charge is 2.13. The van der Waals surface area contributed by atoms with Crippen LogP contribution in [-0.4, -0.2) is 28.9 Å². The highest BCUT2D eigenvalue weighted by Crippen LogP contribution is 2.00. The van der Waals surface area contributed by atoms with Gasteiger partial charge in [0.2, 0.25) is 0 Å². The van der Waals surface area contributed by atoms with E-state index in [2.05, 4.69) is 9.78 Å². The van der Waals surface area contributed by atoms with Gasteiger partial charge in [0.1, 0.15) is 12.2 Å². The molecule has 0 aromatic heterocycles. The minimum absolute atomic E-state index is 0.102. The maximum atomic E-state index is 11.1. The summed E-state index contributed by atoms with van der Waals surface area (Å²) >= 11 is 0. The highest BCUT2D eigenvalue weighted by molar-refractivity contribution is 5.94. The summed E-state index contributed by atoms with van der Waals surface area (Å²) in [6.45, 7) is 4.06. The van der Waals surface area contributed by atoms with E-state index in [9.17, 15) is 14.4 Å². The van der Waals surface area contributed by atoms with Crippen molar-refractivity contribution in [1.29, 1.82) is 0 Å². The molecule has 0 aromatic rings. The Morgan fingerprint density at radius 2 is 1.81 bits per heavy atom. The third kappa shape index (κ3) is 6.72. The predicted molar refractivity (Wildman–Crippen MR) is 52.9 cm³/mol. The van der Waals surface area contributed by atoms with Gasteiger partial charge in [-0.2, -0.15) is 0 Å². The lowest BCUT2D eigenvalue weighted by atomic mass is 10.2. The molecular weight excluding hydrogens is 216 g/mol. The number of hydrogen-bond acceptors (Lipinski definition) is 6. The fourth-order valence-corrected chi connectivity index (χ4v) is 0.813. The Hall–Kier alpha value is -1.69. The van der Waals surface area contributed by atoms with Gasteiger partial charge in [0, 0.05) is 5.57 Å². The summed E-state index contributed by atoms with van der Waals surface area (Å²) in [6, 6.07) is 0. The van der Waals surface area contributed by atoms with Crippen molar-refractivity contribution in [3.63, 3.8) is 0 Å². The molecule has 0 saturated carbocycles. The van der Waals surface area contributed by atoms with Crippen LogP contribution >= 0.6 is 0 Å². The van der Waals surface area contributed by atoms with E-state index in [-0.39, 0.29) is 5.57 Å². The quantitative estimate of drug-likeness (QED) is 0.323. The minimum atomic E-state index is -0.939. The Morgan fingerprint density at radius 3 is 2.25 bits per heavy atom. The minimum Gasteiger partial charge on any atom is -0.389 e. The van der Waals surface area contributed by atoms with Gasteiger partial charge in [-0.05, 0) is 26.8 Å². The predicted octanol–water partition coefficient (Wildman–Crippen LogP) is 0.294. The molecule has 0 aliphatic carbocycles. The molecule has 1 unspecified atom stereocenters. The summed E-state index contributed by atoms with van der Waals surface area (Å²) in [4.78, 5) is 40.6. The van der Waals surface area contributed by atoms with Crippen molar-refractivity contribution in [2.45, 2.75) is 33.3 Å². The second kappa shape index (κ2) is 6.73. The summed E-state index contributed by atoms with van der Waals surface area (Å²) in [5, 5.41) is 8.93. The number of aliphatic hydroxyl groups excluding tert-OH is 1. The Morgan fingerprint density at radius 1 is 1.25 bits per heavy atom. The second-order valence-corrected chi connectivity index (χ2v) is 3.30. The van der Waals surface area contributed by atoms with Gasteiger partial charge in [0.25, 0.3) is 0 Å². The molecule has 0 radical (unpaired) electrons. The van der Waals surface area contributed by atoms with Crippen LogP contribution in [0, 0.1) is 0 Å². The van der Waals surface area contributed by atoms with E-state index in [1.165, 1.54) is 26.8 Å². The molecule has 0 rings (SSSR count). The zero-order valence-electron chi connectivity index (χ0n) is 9.35. The summed E-state index contributed by atoms with van der Waals surface area (Å²) < 4.78 is 0. The van der Waals surface area contributed by atoms with E-state index < -0.39 is 30.2 Å². The maximum Gasteiger partial charge on any atom is 0.381 e. The van der Waals surface area contributed by atoms with Crippen LogP contribution in [0.5, 0.6) is 0 Å². The van der Waals surface area contributed by atoms with Crippen molar-refractivity contribution in [3.05, 3.63) is 11.6 Å². The lowest BCUT2D eigenvalue weighted by molar-refractivity contribution is -0.255. The number of aliphatic hydroxyl groups is 1. The Kier molecular flexibility index (Phi) is 6.02. The Bertz CT molecular complexity index is 315. The molecule has 90 valence electrons. The third-order valence-corrected chi connectivity index (χ3v) is 1.42. The average molecular weight is 230 g/mol. The largest absolute Gasteiger partial charge is 0.389 e. The van der Waals surface area contributed by atoms with Gasteiger partial charge in [-0.3, -0.25) is 4.79 Å². The summed E-state index contributed by atoms with van der Waals surface area (Å²) in [6.07, 6.45) is -0.0198. The summed E-state index contributed by atoms with van der Waals surface area (Å²) in [5.41, 5.74) is 0.102. The topological polar surface area (TPSA) is 89.9 Å². The van der Waals surface area contributed by atoms with E-state index in [1.807, 2.05) is 0 Å². The van der Waals surface area contributed by atoms with Crippen molar-refractivity contribution in [2.24, 2.45) is 0 Å². The van der Waals surface area contributed by atoms with Gasteiger partial charge in [-0.1, -0.05) is 0 Å². The third-order valence-electron chi connectivity index (χ3n) is 1.42. The maximum absolute atomic E-state index is 11.1. The van der Waals surface area contributed by atoms with Crippen LogP contribution < -0.4 is 0 Å². The van der Waals surface area contributed by atoms with Crippen molar-refractivity contribution in [1.82, 2.24) is 0 Å². The van der Waals surface area contributed by atoms with Gasteiger partial charge < -0.3 is 5.11 Å². The van der Waals surface area contributed by atoms with Crippen LogP contribution in [0.25, 0.3) is 0 Å². The molecule has 6 nitrogen and oxygen atoms in total. The average Bonchev–Trinajstić information content (AvgIpc) is 2.11.